The number of thiazole rings is 1. The minimum Gasteiger partial charge on any atom is -0.497 e. The van der Waals surface area contributed by atoms with Gasteiger partial charge in [0.05, 0.1) is 29.0 Å². The summed E-state index contributed by atoms with van der Waals surface area (Å²) in [5.41, 5.74) is 4.11. The van der Waals surface area contributed by atoms with E-state index < -0.39 is 6.04 Å². The van der Waals surface area contributed by atoms with Gasteiger partial charge < -0.3 is 15.0 Å². The Labute approximate surface area is 222 Å². The lowest BCUT2D eigenvalue weighted by Gasteiger charge is -2.25. The third-order valence-electron chi connectivity index (χ3n) is 6.62. The van der Waals surface area contributed by atoms with Crippen molar-refractivity contribution < 1.29 is 9.53 Å². The predicted molar refractivity (Wildman–Crippen MR) is 150 cm³/mol. The number of para-hydroxylation sites is 2. The summed E-state index contributed by atoms with van der Waals surface area (Å²) >= 11 is 1.32. The van der Waals surface area contributed by atoms with Crippen molar-refractivity contribution in [3.05, 3.63) is 127 Å². The zero-order valence-corrected chi connectivity index (χ0v) is 21.6. The lowest BCUT2D eigenvalue weighted by molar-refractivity contribution is -0.113. The summed E-state index contributed by atoms with van der Waals surface area (Å²) in [4.78, 5) is 36.1. The summed E-state index contributed by atoms with van der Waals surface area (Å²) < 4.78 is 7.62. The molecule has 3 aromatic carbocycles. The lowest BCUT2D eigenvalue weighted by Crippen LogP contribution is -2.40. The molecule has 38 heavy (non-hydrogen) atoms. The molecule has 2 aromatic heterocycles. The highest BCUT2D eigenvalue weighted by atomic mass is 32.1. The highest BCUT2D eigenvalue weighted by molar-refractivity contribution is 7.07. The zero-order valence-electron chi connectivity index (χ0n) is 20.8. The van der Waals surface area contributed by atoms with Crippen molar-refractivity contribution in [2.45, 2.75) is 13.0 Å². The van der Waals surface area contributed by atoms with E-state index in [4.69, 9.17) is 9.73 Å². The van der Waals surface area contributed by atoms with Crippen LogP contribution in [0.3, 0.4) is 0 Å². The van der Waals surface area contributed by atoms with Crippen LogP contribution in [-0.2, 0) is 4.79 Å². The smallest absolute Gasteiger partial charge is 0.271 e. The molecule has 1 aliphatic rings. The second kappa shape index (κ2) is 9.64. The minimum absolute atomic E-state index is 0.204. The van der Waals surface area contributed by atoms with Crippen molar-refractivity contribution in [1.29, 1.82) is 0 Å². The topological polar surface area (TPSA) is 88.5 Å². The number of aromatic nitrogens is 2. The molecule has 0 saturated carbocycles. The molecule has 1 amide bonds. The van der Waals surface area contributed by atoms with Gasteiger partial charge in [0.2, 0.25) is 0 Å². The van der Waals surface area contributed by atoms with E-state index in [1.807, 2.05) is 98.1 Å². The van der Waals surface area contributed by atoms with Crippen LogP contribution in [0.25, 0.3) is 17.0 Å². The van der Waals surface area contributed by atoms with Gasteiger partial charge >= 0.3 is 0 Å². The maximum Gasteiger partial charge on any atom is 0.271 e. The number of nitrogens with zero attached hydrogens (tertiary/aromatic N) is 2. The number of amides is 1. The summed E-state index contributed by atoms with van der Waals surface area (Å²) in [6.07, 6.45) is 3.78. The second-order valence-corrected chi connectivity index (χ2v) is 9.98. The molecule has 2 N–H and O–H groups in total. The number of rotatable bonds is 5. The number of anilines is 1. The normalized spacial score (nSPS) is 15.3. The number of hydrogen-bond donors (Lipinski definition) is 2. The fourth-order valence-electron chi connectivity index (χ4n) is 4.81. The summed E-state index contributed by atoms with van der Waals surface area (Å²) in [6, 6.07) is 24.0. The van der Waals surface area contributed by atoms with E-state index >= 15 is 0 Å². The molecule has 3 heterocycles. The number of hydrogen-bond acceptors (Lipinski definition) is 5. The zero-order chi connectivity index (χ0) is 26.2. The van der Waals surface area contributed by atoms with Gasteiger partial charge in [-0.1, -0.05) is 59.9 Å². The number of nitrogens with one attached hydrogen (secondary N) is 2. The van der Waals surface area contributed by atoms with E-state index in [-0.39, 0.29) is 11.5 Å². The van der Waals surface area contributed by atoms with E-state index in [0.717, 1.165) is 22.0 Å². The van der Waals surface area contributed by atoms with Gasteiger partial charge in [0.25, 0.3) is 11.5 Å². The maximum atomic E-state index is 13.9. The van der Waals surface area contributed by atoms with Crippen LogP contribution in [0.5, 0.6) is 5.75 Å². The molecule has 1 aliphatic heterocycles. The molecule has 5 aromatic rings. The van der Waals surface area contributed by atoms with Crippen LogP contribution in [0.15, 0.2) is 106 Å². The first kappa shape index (κ1) is 23.7. The number of fused-ring (bicyclic) bond motifs is 2. The van der Waals surface area contributed by atoms with E-state index in [1.165, 1.54) is 11.3 Å². The number of ether oxygens (including phenoxy) is 1. The number of carbonyl (C=O) groups excluding carboxylic acids is 1. The van der Waals surface area contributed by atoms with Crippen molar-refractivity contribution in [3.8, 4) is 5.75 Å². The van der Waals surface area contributed by atoms with E-state index in [0.29, 0.717) is 32.0 Å². The van der Waals surface area contributed by atoms with Gasteiger partial charge in [0, 0.05) is 28.4 Å². The fraction of sp³-hybridized carbons (Fsp3) is 0.100. The first-order chi connectivity index (χ1) is 18.5. The molecule has 0 fully saturated rings. The molecule has 1 unspecified atom stereocenters. The van der Waals surface area contributed by atoms with Gasteiger partial charge in [0.15, 0.2) is 4.80 Å². The first-order valence-electron chi connectivity index (χ1n) is 12.1. The summed E-state index contributed by atoms with van der Waals surface area (Å²) in [5.74, 6) is 0.331. The van der Waals surface area contributed by atoms with Gasteiger partial charge in [-0.05, 0) is 48.9 Å². The number of carbonyl (C=O) groups is 1. The molecule has 0 radical (unpaired) electrons. The Kier molecular flexibility index (Phi) is 6.01. The third kappa shape index (κ3) is 4.14. The molecule has 0 spiro atoms. The summed E-state index contributed by atoms with van der Waals surface area (Å²) in [5, 5.41) is 4.00. The van der Waals surface area contributed by atoms with E-state index in [1.54, 1.807) is 11.7 Å². The SMILES string of the molecule is COc1cccc(C2C(C(=O)Nc3ccccc3)=C(C)N=c3s/c(=C/c4c[nH]c5ccccc45)c(=O)n32)c1. The predicted octanol–water partition coefficient (Wildman–Crippen LogP) is 4.36. The fourth-order valence-corrected chi connectivity index (χ4v) is 5.85. The molecular weight excluding hydrogens is 496 g/mol. The molecular formula is C30H24N4O3S. The number of benzene rings is 3. The molecule has 6 rings (SSSR count). The Morgan fingerprint density at radius 3 is 2.68 bits per heavy atom. The van der Waals surface area contributed by atoms with Gasteiger partial charge in [-0.15, -0.1) is 0 Å². The summed E-state index contributed by atoms with van der Waals surface area (Å²) in [7, 11) is 1.59. The van der Waals surface area contributed by atoms with Crippen LogP contribution >= 0.6 is 11.3 Å². The van der Waals surface area contributed by atoms with Crippen molar-refractivity contribution >= 4 is 39.9 Å². The van der Waals surface area contributed by atoms with E-state index in [2.05, 4.69) is 10.3 Å². The molecule has 0 aliphatic carbocycles. The van der Waals surface area contributed by atoms with Crippen LogP contribution < -0.4 is 24.9 Å². The number of allylic oxidation sites excluding steroid dienone is 1. The molecule has 0 bridgehead atoms. The highest BCUT2D eigenvalue weighted by Gasteiger charge is 2.32. The standard InChI is InChI=1S/C30H24N4O3S/c1-18-26(28(35)33-21-10-4-3-5-11-21)27(19-9-8-12-22(15-19)37-2)34-29(36)25(38-30(34)32-18)16-20-17-31-24-14-7-6-13-23(20)24/h3-17,27,31H,1-2H3,(H,33,35)/b25-16+. The molecule has 1 atom stereocenters. The monoisotopic (exact) mass is 520 g/mol. The first-order valence-corrected chi connectivity index (χ1v) is 12.9. The van der Waals surface area contributed by atoms with Crippen LogP contribution in [0.2, 0.25) is 0 Å². The Hall–Kier alpha value is -4.69. The largest absolute Gasteiger partial charge is 0.497 e. The minimum atomic E-state index is -0.671. The molecule has 0 saturated heterocycles. The Bertz CT molecular complexity index is 1900. The number of H-pyrrole nitrogens is 1. The quantitative estimate of drug-likeness (QED) is 0.361. The molecule has 8 heteroatoms. The molecule has 188 valence electrons. The lowest BCUT2D eigenvalue weighted by atomic mass is 9.95. The molecule has 7 nitrogen and oxygen atoms in total. The van der Waals surface area contributed by atoms with Crippen LogP contribution in [0.4, 0.5) is 5.69 Å². The van der Waals surface area contributed by atoms with Gasteiger partial charge in [-0.3, -0.25) is 14.2 Å². The van der Waals surface area contributed by atoms with Gasteiger partial charge in [-0.25, -0.2) is 4.99 Å². The third-order valence-corrected chi connectivity index (χ3v) is 7.60. The van der Waals surface area contributed by atoms with Crippen molar-refractivity contribution in [3.63, 3.8) is 0 Å². The van der Waals surface area contributed by atoms with E-state index in [9.17, 15) is 9.59 Å². The Morgan fingerprint density at radius 2 is 1.87 bits per heavy atom. The van der Waals surface area contributed by atoms with Crippen LogP contribution in [-0.4, -0.2) is 22.6 Å². The highest BCUT2D eigenvalue weighted by Crippen LogP contribution is 2.32. The Balaban J connectivity index is 1.53. The van der Waals surface area contributed by atoms with Crippen molar-refractivity contribution in [2.24, 2.45) is 4.99 Å². The average Bonchev–Trinajstić information content (AvgIpc) is 3.48. The number of aromatic amines is 1. The second-order valence-electron chi connectivity index (χ2n) is 8.97. The van der Waals surface area contributed by atoms with Crippen LogP contribution in [0, 0.1) is 0 Å². The van der Waals surface area contributed by atoms with Crippen LogP contribution in [0.1, 0.15) is 24.1 Å². The van der Waals surface area contributed by atoms with Crippen molar-refractivity contribution in [1.82, 2.24) is 9.55 Å². The Morgan fingerprint density at radius 1 is 1.08 bits per heavy atom. The van der Waals surface area contributed by atoms with Crippen molar-refractivity contribution in [2.75, 3.05) is 12.4 Å². The van der Waals surface area contributed by atoms with Gasteiger partial charge in [0.1, 0.15) is 5.75 Å². The maximum absolute atomic E-state index is 13.9. The van der Waals surface area contributed by atoms with Gasteiger partial charge in [-0.2, -0.15) is 0 Å². The summed E-state index contributed by atoms with van der Waals surface area (Å²) in [6.45, 7) is 1.81. The average molecular weight is 521 g/mol. The number of methoxy groups -OCH3 is 1.